The maximum Gasteiger partial charge on any atom is 0.387 e. The second kappa shape index (κ2) is 9.95. The Morgan fingerprint density at radius 2 is 1.47 bits per heavy atom. The summed E-state index contributed by atoms with van der Waals surface area (Å²) >= 11 is 0. The first-order valence-corrected chi connectivity index (χ1v) is 9.68. The molecule has 0 spiro atoms. The van der Waals surface area contributed by atoms with Gasteiger partial charge >= 0.3 is 18.6 Å². The predicted molar refractivity (Wildman–Crippen MR) is 112 cm³/mol. The number of phenolic OH excluding ortho intramolecular Hbond substituents is 1. The van der Waals surface area contributed by atoms with Crippen molar-refractivity contribution in [3.05, 3.63) is 50.6 Å². The third kappa shape index (κ3) is 4.83. The van der Waals surface area contributed by atoms with Gasteiger partial charge in [-0.3, -0.25) is 0 Å². The number of benzene rings is 2. The van der Waals surface area contributed by atoms with Gasteiger partial charge in [0, 0.05) is 12.7 Å². The van der Waals surface area contributed by atoms with E-state index in [1.165, 1.54) is 27.0 Å². The molecule has 7 nitrogen and oxygen atoms in total. The summed E-state index contributed by atoms with van der Waals surface area (Å²) in [5.74, 6) is -2.04. The van der Waals surface area contributed by atoms with Crippen LogP contribution in [0.4, 0.5) is 8.78 Å². The minimum atomic E-state index is -3.22. The number of methoxy groups -OCH3 is 1. The monoisotopic (exact) mass is 452 g/mol. The number of ether oxygens (including phenoxy) is 4. The number of phenols is 1. The molecule has 0 saturated heterocycles. The van der Waals surface area contributed by atoms with E-state index in [2.05, 4.69) is 4.74 Å². The summed E-state index contributed by atoms with van der Waals surface area (Å²) in [6, 6.07) is 1.45. The highest BCUT2D eigenvalue weighted by Crippen LogP contribution is 2.40. The highest BCUT2D eigenvalue weighted by atomic mass is 19.3. The molecule has 0 heterocycles. The smallest absolute Gasteiger partial charge is 0.387 e. The number of halogens is 2. The molecule has 0 amide bonds. The molecule has 0 atom stereocenters. The number of hydrogen-bond acceptors (Lipinski definition) is 7. The number of carbonyl (C=O) groups is 2. The van der Waals surface area contributed by atoms with Crippen LogP contribution < -0.4 is 9.47 Å². The topological polar surface area (TPSA) is 91.3 Å². The molecule has 174 valence electrons. The zero-order valence-corrected chi connectivity index (χ0v) is 19.0. The fourth-order valence-electron chi connectivity index (χ4n) is 3.44. The lowest BCUT2D eigenvalue weighted by atomic mass is 9.96. The maximum absolute atomic E-state index is 13.1. The number of esters is 2. The third-order valence-electron chi connectivity index (χ3n) is 5.37. The fourth-order valence-corrected chi connectivity index (χ4v) is 3.44. The van der Waals surface area contributed by atoms with E-state index >= 15 is 0 Å². The molecule has 32 heavy (non-hydrogen) atoms. The standard InChI is InChI=1S/C23H26F2O7/c1-10-8-16(26)11(2)12(3)17(10)22(28)31-19-14(5)13(4)18(21(27)30-9-29-7)20(15(19)6)32-23(24)25/h8,23,26H,9H2,1-7H3. The quantitative estimate of drug-likeness (QED) is 0.366. The van der Waals surface area contributed by atoms with Crippen molar-refractivity contribution in [1.82, 2.24) is 0 Å². The summed E-state index contributed by atoms with van der Waals surface area (Å²) in [4.78, 5) is 25.5. The van der Waals surface area contributed by atoms with Crippen LogP contribution >= 0.6 is 0 Å². The molecule has 2 aromatic carbocycles. The molecule has 0 radical (unpaired) electrons. The molecule has 0 aliphatic carbocycles. The third-order valence-corrected chi connectivity index (χ3v) is 5.37. The SMILES string of the molecule is COCOC(=O)c1c(C)c(C)c(OC(=O)c2c(C)cc(O)c(C)c2C)c(C)c1OC(F)F. The predicted octanol–water partition coefficient (Wildman–Crippen LogP) is 4.82. The number of aryl methyl sites for hydroxylation is 1. The first kappa shape index (κ1) is 25.1. The molecule has 0 aliphatic heterocycles. The highest BCUT2D eigenvalue weighted by molar-refractivity contribution is 5.98. The average molecular weight is 452 g/mol. The Hall–Kier alpha value is -3.20. The van der Waals surface area contributed by atoms with E-state index in [1.807, 2.05) is 0 Å². The molecule has 2 rings (SSSR count). The van der Waals surface area contributed by atoms with Crippen LogP contribution in [0.3, 0.4) is 0 Å². The van der Waals surface area contributed by atoms with Crippen LogP contribution in [0.1, 0.15) is 54.1 Å². The van der Waals surface area contributed by atoms with E-state index in [-0.39, 0.29) is 40.5 Å². The van der Waals surface area contributed by atoms with Gasteiger partial charge in [-0.25, -0.2) is 9.59 Å². The minimum absolute atomic E-state index is 0.00373. The Balaban J connectivity index is 2.63. The van der Waals surface area contributed by atoms with E-state index < -0.39 is 24.3 Å². The van der Waals surface area contributed by atoms with E-state index in [1.54, 1.807) is 27.7 Å². The van der Waals surface area contributed by atoms with Crippen molar-refractivity contribution in [2.45, 2.75) is 48.2 Å². The molecular weight excluding hydrogens is 426 g/mol. The van der Waals surface area contributed by atoms with Gasteiger partial charge in [0.1, 0.15) is 22.8 Å². The van der Waals surface area contributed by atoms with Gasteiger partial charge in [-0.05, 0) is 75.4 Å². The number of hydrogen-bond donors (Lipinski definition) is 1. The number of carbonyl (C=O) groups excluding carboxylic acids is 2. The summed E-state index contributed by atoms with van der Waals surface area (Å²) in [5.41, 5.74) is 2.26. The Kier molecular flexibility index (Phi) is 7.79. The van der Waals surface area contributed by atoms with Gasteiger partial charge in [0.25, 0.3) is 0 Å². The number of alkyl halides is 2. The van der Waals surface area contributed by atoms with Crippen molar-refractivity contribution in [2.75, 3.05) is 13.9 Å². The van der Waals surface area contributed by atoms with Crippen LogP contribution in [0, 0.1) is 41.5 Å². The van der Waals surface area contributed by atoms with Gasteiger partial charge in [0.05, 0.1) is 5.56 Å². The molecule has 0 fully saturated rings. The van der Waals surface area contributed by atoms with Crippen molar-refractivity contribution in [1.29, 1.82) is 0 Å². The Morgan fingerprint density at radius 3 is 2.03 bits per heavy atom. The Labute approximate surface area is 184 Å². The van der Waals surface area contributed by atoms with E-state index in [9.17, 15) is 23.5 Å². The first-order chi connectivity index (χ1) is 14.9. The fraction of sp³-hybridized carbons (Fsp3) is 0.391. The second-order valence-electron chi connectivity index (χ2n) is 7.35. The van der Waals surface area contributed by atoms with Gasteiger partial charge < -0.3 is 24.1 Å². The zero-order valence-electron chi connectivity index (χ0n) is 19.0. The van der Waals surface area contributed by atoms with Crippen LogP contribution in [0.2, 0.25) is 0 Å². The van der Waals surface area contributed by atoms with Gasteiger partial charge in [-0.15, -0.1) is 0 Å². The lowest BCUT2D eigenvalue weighted by Gasteiger charge is -2.21. The van der Waals surface area contributed by atoms with Crippen LogP contribution in [0.5, 0.6) is 17.2 Å². The van der Waals surface area contributed by atoms with Crippen molar-refractivity contribution >= 4 is 11.9 Å². The molecule has 0 unspecified atom stereocenters. The summed E-state index contributed by atoms with van der Waals surface area (Å²) in [5, 5.41) is 9.97. The molecule has 0 saturated carbocycles. The van der Waals surface area contributed by atoms with Gasteiger partial charge in [0.15, 0.2) is 6.79 Å². The normalized spacial score (nSPS) is 10.9. The van der Waals surface area contributed by atoms with Crippen molar-refractivity contribution in [2.24, 2.45) is 0 Å². The summed E-state index contributed by atoms with van der Waals surface area (Å²) in [6.45, 7) is 5.88. The van der Waals surface area contributed by atoms with E-state index in [0.29, 0.717) is 22.3 Å². The molecule has 0 aliphatic rings. The average Bonchev–Trinajstić information content (AvgIpc) is 2.71. The molecule has 1 N–H and O–H groups in total. The van der Waals surface area contributed by atoms with Crippen molar-refractivity contribution in [3.8, 4) is 17.2 Å². The number of rotatable bonds is 7. The number of aromatic hydroxyl groups is 1. The summed E-state index contributed by atoms with van der Waals surface area (Å²) < 4.78 is 46.2. The van der Waals surface area contributed by atoms with Crippen LogP contribution in [-0.2, 0) is 9.47 Å². The zero-order chi connectivity index (χ0) is 24.3. The maximum atomic E-state index is 13.1. The van der Waals surface area contributed by atoms with Crippen LogP contribution in [0.15, 0.2) is 6.07 Å². The Morgan fingerprint density at radius 1 is 0.875 bits per heavy atom. The highest BCUT2D eigenvalue weighted by Gasteiger charge is 2.29. The molecular formula is C23H26F2O7. The lowest BCUT2D eigenvalue weighted by Crippen LogP contribution is -2.18. The lowest BCUT2D eigenvalue weighted by molar-refractivity contribution is -0.0516. The molecule has 0 aromatic heterocycles. The molecule has 9 heteroatoms. The Bertz CT molecular complexity index is 1060. The molecule has 0 bridgehead atoms. The van der Waals surface area contributed by atoms with Gasteiger partial charge in [-0.2, -0.15) is 8.78 Å². The van der Waals surface area contributed by atoms with E-state index in [4.69, 9.17) is 14.2 Å². The summed E-state index contributed by atoms with van der Waals surface area (Å²) in [7, 11) is 1.31. The first-order valence-electron chi connectivity index (χ1n) is 9.68. The van der Waals surface area contributed by atoms with Crippen molar-refractivity contribution < 1.29 is 42.4 Å². The van der Waals surface area contributed by atoms with Gasteiger partial charge in [0.2, 0.25) is 0 Å². The van der Waals surface area contributed by atoms with Crippen LogP contribution in [-0.4, -0.2) is 37.6 Å². The molecule has 2 aromatic rings. The largest absolute Gasteiger partial charge is 0.508 e. The summed E-state index contributed by atoms with van der Waals surface area (Å²) in [6.07, 6.45) is 0. The van der Waals surface area contributed by atoms with Gasteiger partial charge in [-0.1, -0.05) is 0 Å². The van der Waals surface area contributed by atoms with Crippen LogP contribution in [0.25, 0.3) is 0 Å². The van der Waals surface area contributed by atoms with Crippen molar-refractivity contribution in [3.63, 3.8) is 0 Å². The minimum Gasteiger partial charge on any atom is -0.508 e. The van der Waals surface area contributed by atoms with E-state index in [0.717, 1.165) is 0 Å². The second-order valence-corrected chi connectivity index (χ2v) is 7.35.